The van der Waals surface area contributed by atoms with E-state index in [1.54, 1.807) is 18.3 Å². The maximum Gasteiger partial charge on any atom is 0.254 e. The van der Waals surface area contributed by atoms with E-state index in [9.17, 15) is 5.26 Å². The smallest absolute Gasteiger partial charge is 0.254 e. The van der Waals surface area contributed by atoms with E-state index in [1.165, 1.54) is 5.56 Å². The lowest BCUT2D eigenvalue weighted by Gasteiger charge is -2.13. The average Bonchev–Trinajstić information content (AvgIpc) is 3.06. The zero-order valence-electron chi connectivity index (χ0n) is 16.6. The highest BCUT2D eigenvalue weighted by atomic mass is 16.4. The fraction of sp³-hybridized carbons (Fsp3) is 0.476. The molecular weight excluding hydrogens is 324 g/mol. The van der Waals surface area contributed by atoms with Crippen LogP contribution in [0, 0.1) is 11.3 Å². The molecule has 0 atom stereocenters. The van der Waals surface area contributed by atoms with Gasteiger partial charge in [0, 0.05) is 12.5 Å². The quantitative estimate of drug-likeness (QED) is 0.528. The van der Waals surface area contributed by atoms with Crippen LogP contribution < -0.4 is 5.01 Å². The van der Waals surface area contributed by atoms with Crippen molar-refractivity contribution in [3.05, 3.63) is 47.0 Å². The molecule has 0 saturated heterocycles. The molecule has 2 rings (SSSR count). The molecule has 0 radical (unpaired) electrons. The molecule has 0 amide bonds. The van der Waals surface area contributed by atoms with Crippen molar-refractivity contribution < 1.29 is 4.42 Å². The Morgan fingerprint density at radius 1 is 1.23 bits per heavy atom. The molecule has 1 heterocycles. The van der Waals surface area contributed by atoms with Gasteiger partial charge >= 0.3 is 0 Å². The molecule has 0 bridgehead atoms. The van der Waals surface area contributed by atoms with Crippen LogP contribution in [0.2, 0.25) is 0 Å². The summed E-state index contributed by atoms with van der Waals surface area (Å²) < 4.78 is 5.78. The molecule has 0 unspecified atom stereocenters. The molecule has 0 aliphatic heterocycles. The van der Waals surface area contributed by atoms with Gasteiger partial charge in [-0.05, 0) is 29.9 Å². The molecule has 0 saturated carbocycles. The van der Waals surface area contributed by atoms with E-state index >= 15 is 0 Å². The third-order valence-corrected chi connectivity index (χ3v) is 4.42. The zero-order chi connectivity index (χ0) is 19.3. The standard InChI is InChI=1S/C21H28N4O/c1-7-16(8-2)17-11-9-15(10-12-17)14-23-25(6)19-18(13-22)24-20(26-19)21(3,4)5/h9-12,14,16H,7-8H2,1-6H3. The van der Waals surface area contributed by atoms with E-state index in [4.69, 9.17) is 4.42 Å². The largest absolute Gasteiger partial charge is 0.421 e. The van der Waals surface area contributed by atoms with E-state index in [-0.39, 0.29) is 11.1 Å². The number of nitrogens with zero attached hydrogens (tertiary/aromatic N) is 4. The number of rotatable bonds is 6. The molecule has 0 fully saturated rings. The first-order valence-corrected chi connectivity index (χ1v) is 9.09. The molecule has 2 aromatic rings. The number of anilines is 1. The summed E-state index contributed by atoms with van der Waals surface area (Å²) in [6.45, 7) is 10.4. The Morgan fingerprint density at radius 2 is 1.85 bits per heavy atom. The minimum absolute atomic E-state index is 0.249. The van der Waals surface area contributed by atoms with Crippen LogP contribution in [0.4, 0.5) is 5.88 Å². The van der Waals surface area contributed by atoms with Crippen LogP contribution in [-0.4, -0.2) is 18.2 Å². The average molecular weight is 352 g/mol. The first-order chi connectivity index (χ1) is 12.3. The fourth-order valence-corrected chi connectivity index (χ4v) is 2.75. The van der Waals surface area contributed by atoms with Crippen molar-refractivity contribution in [2.75, 3.05) is 12.1 Å². The summed E-state index contributed by atoms with van der Waals surface area (Å²) in [5, 5.41) is 15.3. The maximum atomic E-state index is 9.31. The van der Waals surface area contributed by atoms with Crippen LogP contribution in [0.15, 0.2) is 33.8 Å². The predicted octanol–water partition coefficient (Wildman–Crippen LogP) is 5.22. The first kappa shape index (κ1) is 19.7. The Balaban J connectivity index is 2.18. The summed E-state index contributed by atoms with van der Waals surface area (Å²) >= 11 is 0. The van der Waals surface area contributed by atoms with Crippen LogP contribution in [0.1, 0.15) is 76.1 Å². The third-order valence-electron chi connectivity index (χ3n) is 4.42. The lowest BCUT2D eigenvalue weighted by Crippen LogP contribution is -2.11. The maximum absolute atomic E-state index is 9.31. The molecule has 0 spiro atoms. The van der Waals surface area contributed by atoms with Gasteiger partial charge < -0.3 is 4.42 Å². The van der Waals surface area contributed by atoms with E-state index in [1.807, 2.05) is 20.8 Å². The van der Waals surface area contributed by atoms with Gasteiger partial charge in [-0.3, -0.25) is 0 Å². The van der Waals surface area contributed by atoms with Crippen molar-refractivity contribution in [1.82, 2.24) is 4.98 Å². The lowest BCUT2D eigenvalue weighted by atomic mass is 9.93. The van der Waals surface area contributed by atoms with Gasteiger partial charge in [-0.15, -0.1) is 0 Å². The van der Waals surface area contributed by atoms with Crippen LogP contribution in [0.3, 0.4) is 0 Å². The number of benzene rings is 1. The topological polar surface area (TPSA) is 65.4 Å². The summed E-state index contributed by atoms with van der Waals surface area (Å²) in [5.74, 6) is 1.50. The summed E-state index contributed by atoms with van der Waals surface area (Å²) in [6, 6.07) is 10.5. The summed E-state index contributed by atoms with van der Waals surface area (Å²) in [4.78, 5) is 4.28. The minimum atomic E-state index is -0.265. The first-order valence-electron chi connectivity index (χ1n) is 9.09. The van der Waals surface area contributed by atoms with Crippen molar-refractivity contribution in [3.63, 3.8) is 0 Å². The van der Waals surface area contributed by atoms with Gasteiger partial charge in [0.15, 0.2) is 0 Å². The second-order valence-electron chi connectivity index (χ2n) is 7.48. The molecule has 0 aliphatic rings. The monoisotopic (exact) mass is 352 g/mol. The minimum Gasteiger partial charge on any atom is -0.421 e. The molecule has 5 nitrogen and oxygen atoms in total. The van der Waals surface area contributed by atoms with Crippen LogP contribution in [0.25, 0.3) is 0 Å². The van der Waals surface area contributed by atoms with Crippen LogP contribution in [0.5, 0.6) is 0 Å². The van der Waals surface area contributed by atoms with Gasteiger partial charge in [-0.2, -0.15) is 15.3 Å². The second kappa shape index (κ2) is 8.18. The number of hydrogen-bond donors (Lipinski definition) is 0. The Morgan fingerprint density at radius 3 is 2.35 bits per heavy atom. The molecule has 0 N–H and O–H groups in total. The van der Waals surface area contributed by atoms with Gasteiger partial charge in [-0.25, -0.2) is 5.01 Å². The summed E-state index contributed by atoms with van der Waals surface area (Å²) in [6.07, 6.45) is 4.05. The Kier molecular flexibility index (Phi) is 6.20. The molecule has 1 aromatic heterocycles. The van der Waals surface area contributed by atoms with Crippen molar-refractivity contribution in [2.45, 2.75) is 58.8 Å². The van der Waals surface area contributed by atoms with E-state index in [0.717, 1.165) is 18.4 Å². The highest BCUT2D eigenvalue weighted by molar-refractivity contribution is 5.80. The fourth-order valence-electron chi connectivity index (χ4n) is 2.75. The normalized spacial score (nSPS) is 11.9. The van der Waals surface area contributed by atoms with Crippen molar-refractivity contribution in [3.8, 4) is 6.07 Å². The van der Waals surface area contributed by atoms with Gasteiger partial charge in [0.25, 0.3) is 5.88 Å². The summed E-state index contributed by atoms with van der Waals surface area (Å²) in [7, 11) is 1.75. The van der Waals surface area contributed by atoms with Gasteiger partial charge in [0.05, 0.1) is 6.21 Å². The number of nitriles is 1. The van der Waals surface area contributed by atoms with E-state index < -0.39 is 0 Å². The van der Waals surface area contributed by atoms with E-state index in [0.29, 0.717) is 17.7 Å². The lowest BCUT2D eigenvalue weighted by molar-refractivity contribution is 0.394. The van der Waals surface area contributed by atoms with Crippen LogP contribution in [-0.2, 0) is 5.41 Å². The molecule has 1 aromatic carbocycles. The highest BCUT2D eigenvalue weighted by Gasteiger charge is 2.25. The zero-order valence-corrected chi connectivity index (χ0v) is 16.6. The van der Waals surface area contributed by atoms with E-state index in [2.05, 4.69) is 54.3 Å². The van der Waals surface area contributed by atoms with Gasteiger partial charge in [0.2, 0.25) is 11.6 Å². The Labute approximate surface area is 156 Å². The molecule has 138 valence electrons. The second-order valence-corrected chi connectivity index (χ2v) is 7.48. The molecule has 0 aliphatic carbocycles. The molecular formula is C21H28N4O. The number of hydrogen-bond acceptors (Lipinski definition) is 5. The molecule has 26 heavy (non-hydrogen) atoms. The predicted molar refractivity (Wildman–Crippen MR) is 106 cm³/mol. The Bertz CT molecular complexity index is 787. The van der Waals surface area contributed by atoms with Crippen molar-refractivity contribution >= 4 is 12.1 Å². The highest BCUT2D eigenvalue weighted by Crippen LogP contribution is 2.28. The van der Waals surface area contributed by atoms with Crippen molar-refractivity contribution in [1.29, 1.82) is 5.26 Å². The summed E-state index contributed by atoms with van der Waals surface area (Å²) in [5.41, 5.74) is 2.34. The van der Waals surface area contributed by atoms with Crippen LogP contribution >= 0.6 is 0 Å². The van der Waals surface area contributed by atoms with Gasteiger partial charge in [0.1, 0.15) is 6.07 Å². The SMILES string of the molecule is CCC(CC)c1ccc(C=NN(C)c2oc(C(C)(C)C)nc2C#N)cc1. The third kappa shape index (κ3) is 4.51. The Hall–Kier alpha value is -2.61. The number of oxazole rings is 1. The molecule has 5 heteroatoms. The van der Waals surface area contributed by atoms with Crippen molar-refractivity contribution in [2.24, 2.45) is 5.10 Å². The number of aromatic nitrogens is 1. The number of hydrazone groups is 1. The van der Waals surface area contributed by atoms with Gasteiger partial charge in [-0.1, -0.05) is 58.9 Å².